The molecule has 0 radical (unpaired) electrons. The van der Waals surface area contributed by atoms with Gasteiger partial charge in [0.25, 0.3) is 0 Å². The van der Waals surface area contributed by atoms with Crippen LogP contribution in [0, 0.1) is 5.41 Å². The lowest BCUT2D eigenvalue weighted by molar-refractivity contribution is -0.147. The third kappa shape index (κ3) is 2.95. The van der Waals surface area contributed by atoms with Crippen molar-refractivity contribution < 1.29 is 23.1 Å². The molecule has 2 rings (SSSR count). The zero-order valence-corrected chi connectivity index (χ0v) is 11.9. The molecule has 1 heterocycles. The van der Waals surface area contributed by atoms with E-state index in [1.807, 2.05) is 0 Å². The van der Waals surface area contributed by atoms with Gasteiger partial charge in [-0.05, 0) is 49.9 Å². The number of fused-ring (bicyclic) bond motifs is 1. The number of aliphatic carboxylic acids is 1. The fourth-order valence-corrected chi connectivity index (χ4v) is 3.56. The van der Waals surface area contributed by atoms with Crippen LogP contribution in [0.4, 0.5) is 13.2 Å². The first-order chi connectivity index (χ1) is 9.11. The maximum atomic E-state index is 12.7. The minimum Gasteiger partial charge on any atom is -0.481 e. The Morgan fingerprint density at radius 2 is 2.05 bits per heavy atom. The number of hydrogen-bond acceptors (Lipinski definition) is 2. The predicted octanol–water partition coefficient (Wildman–Crippen LogP) is 4.40. The largest absolute Gasteiger partial charge is 0.481 e. The van der Waals surface area contributed by atoms with Gasteiger partial charge >= 0.3 is 12.1 Å². The molecule has 0 aromatic heterocycles. The van der Waals surface area contributed by atoms with Crippen LogP contribution >= 0.6 is 11.8 Å². The number of halogens is 3. The van der Waals surface area contributed by atoms with E-state index in [0.717, 1.165) is 17.0 Å². The monoisotopic (exact) mass is 304 g/mol. The maximum absolute atomic E-state index is 12.7. The number of carboxylic acid groups (broad SMARTS) is 1. The van der Waals surface area contributed by atoms with E-state index in [1.54, 1.807) is 13.8 Å². The van der Waals surface area contributed by atoms with Gasteiger partial charge in [0.15, 0.2) is 0 Å². The lowest BCUT2D eigenvalue weighted by Crippen LogP contribution is -2.26. The Labute approximate surface area is 119 Å². The smallest absolute Gasteiger partial charge is 0.416 e. The zero-order valence-electron chi connectivity index (χ0n) is 11.1. The third-order valence-corrected chi connectivity index (χ3v) is 4.80. The zero-order chi connectivity index (χ0) is 15.1. The summed E-state index contributed by atoms with van der Waals surface area (Å²) in [5.74, 6) is -0.445. The lowest BCUT2D eigenvalue weighted by atomic mass is 9.80. The Kier molecular flexibility index (Phi) is 3.79. The molecule has 20 heavy (non-hydrogen) atoms. The Hall–Kier alpha value is -1.17. The summed E-state index contributed by atoms with van der Waals surface area (Å²) in [6.07, 6.45) is -4.03. The van der Waals surface area contributed by atoms with Crippen molar-refractivity contribution in [3.8, 4) is 0 Å². The molecule has 1 aromatic carbocycles. The number of benzene rings is 1. The first-order valence-electron chi connectivity index (χ1n) is 6.18. The van der Waals surface area contributed by atoms with Gasteiger partial charge in [-0.2, -0.15) is 13.2 Å². The fourth-order valence-electron chi connectivity index (χ4n) is 2.33. The van der Waals surface area contributed by atoms with Gasteiger partial charge in [-0.1, -0.05) is 0 Å². The highest BCUT2D eigenvalue weighted by molar-refractivity contribution is 7.99. The van der Waals surface area contributed by atoms with Crippen LogP contribution in [0.3, 0.4) is 0 Å². The summed E-state index contributed by atoms with van der Waals surface area (Å²) in [6, 6.07) is 3.73. The SMILES string of the molecule is CC(C)(CC1CSc2ccc(C(F)(F)F)cc21)C(=O)O. The molecular formula is C14H15F3O2S. The lowest BCUT2D eigenvalue weighted by Gasteiger charge is -2.23. The van der Waals surface area contributed by atoms with E-state index in [1.165, 1.54) is 17.8 Å². The molecule has 1 aromatic rings. The summed E-state index contributed by atoms with van der Waals surface area (Å²) in [5.41, 5.74) is -0.989. The van der Waals surface area contributed by atoms with Crippen molar-refractivity contribution >= 4 is 17.7 Å². The molecule has 1 atom stereocenters. The standard InChI is InChI=1S/C14H15F3O2S/c1-13(2,12(18)19)6-8-7-20-11-4-3-9(5-10(8)11)14(15,16)17/h3-5,8H,6-7H2,1-2H3,(H,18,19). The molecule has 0 saturated carbocycles. The van der Waals surface area contributed by atoms with Gasteiger partial charge in [0.05, 0.1) is 11.0 Å². The van der Waals surface area contributed by atoms with E-state index >= 15 is 0 Å². The Morgan fingerprint density at radius 3 is 2.60 bits per heavy atom. The van der Waals surface area contributed by atoms with Crippen LogP contribution in [-0.4, -0.2) is 16.8 Å². The summed E-state index contributed by atoms with van der Waals surface area (Å²) in [4.78, 5) is 12.0. The summed E-state index contributed by atoms with van der Waals surface area (Å²) < 4.78 is 38.2. The quantitative estimate of drug-likeness (QED) is 0.899. The molecule has 2 nitrogen and oxygen atoms in total. The number of thioether (sulfide) groups is 1. The van der Waals surface area contributed by atoms with Gasteiger partial charge in [0.2, 0.25) is 0 Å². The molecule has 1 unspecified atom stereocenters. The predicted molar refractivity (Wildman–Crippen MR) is 70.9 cm³/mol. The van der Waals surface area contributed by atoms with E-state index in [9.17, 15) is 18.0 Å². The topological polar surface area (TPSA) is 37.3 Å². The van der Waals surface area contributed by atoms with Gasteiger partial charge in [-0.3, -0.25) is 4.79 Å². The second kappa shape index (κ2) is 4.98. The van der Waals surface area contributed by atoms with Crippen molar-refractivity contribution in [3.63, 3.8) is 0 Å². The van der Waals surface area contributed by atoms with Crippen LogP contribution in [0.15, 0.2) is 23.1 Å². The second-order valence-corrected chi connectivity index (χ2v) is 6.71. The van der Waals surface area contributed by atoms with Crippen molar-refractivity contribution in [2.24, 2.45) is 5.41 Å². The fraction of sp³-hybridized carbons (Fsp3) is 0.500. The van der Waals surface area contributed by atoms with E-state index in [4.69, 9.17) is 5.11 Å². The average molecular weight is 304 g/mol. The summed E-state index contributed by atoms with van der Waals surface area (Å²) >= 11 is 1.49. The summed E-state index contributed by atoms with van der Waals surface area (Å²) in [7, 11) is 0. The Morgan fingerprint density at radius 1 is 1.40 bits per heavy atom. The number of hydrogen-bond donors (Lipinski definition) is 1. The maximum Gasteiger partial charge on any atom is 0.416 e. The van der Waals surface area contributed by atoms with Crippen molar-refractivity contribution in [1.82, 2.24) is 0 Å². The second-order valence-electron chi connectivity index (χ2n) is 5.65. The molecule has 1 aliphatic rings. The minimum absolute atomic E-state index is 0.150. The Bertz CT molecular complexity index is 538. The third-order valence-electron chi connectivity index (χ3n) is 3.55. The molecule has 6 heteroatoms. The van der Waals surface area contributed by atoms with Crippen LogP contribution in [0.2, 0.25) is 0 Å². The van der Waals surface area contributed by atoms with Crippen LogP contribution < -0.4 is 0 Å². The summed E-state index contributed by atoms with van der Waals surface area (Å²) in [6.45, 7) is 3.21. The van der Waals surface area contributed by atoms with Gasteiger partial charge in [0.1, 0.15) is 0 Å². The van der Waals surface area contributed by atoms with Gasteiger partial charge in [-0.25, -0.2) is 0 Å². The van der Waals surface area contributed by atoms with Crippen LogP contribution in [0.25, 0.3) is 0 Å². The first-order valence-corrected chi connectivity index (χ1v) is 7.17. The number of alkyl halides is 3. The molecule has 1 N–H and O–H groups in total. The van der Waals surface area contributed by atoms with Crippen molar-refractivity contribution in [3.05, 3.63) is 29.3 Å². The molecule has 0 bridgehead atoms. The average Bonchev–Trinajstić information content (AvgIpc) is 2.70. The molecule has 0 aliphatic carbocycles. The highest BCUT2D eigenvalue weighted by Gasteiger charge is 2.37. The number of carboxylic acids is 1. The van der Waals surface area contributed by atoms with Gasteiger partial charge in [-0.15, -0.1) is 11.8 Å². The van der Waals surface area contributed by atoms with Crippen LogP contribution in [-0.2, 0) is 11.0 Å². The van der Waals surface area contributed by atoms with E-state index < -0.39 is 23.1 Å². The van der Waals surface area contributed by atoms with E-state index in [-0.39, 0.29) is 5.92 Å². The van der Waals surface area contributed by atoms with Crippen LogP contribution in [0.5, 0.6) is 0 Å². The number of carbonyl (C=O) groups is 1. The highest BCUT2D eigenvalue weighted by atomic mass is 32.2. The molecule has 1 aliphatic heterocycles. The molecule has 0 fully saturated rings. The highest BCUT2D eigenvalue weighted by Crippen LogP contribution is 2.46. The van der Waals surface area contributed by atoms with E-state index in [2.05, 4.69) is 0 Å². The van der Waals surface area contributed by atoms with E-state index in [0.29, 0.717) is 17.7 Å². The first kappa shape index (κ1) is 15.2. The Balaban J connectivity index is 2.30. The molecule has 0 saturated heterocycles. The van der Waals surface area contributed by atoms with Crippen molar-refractivity contribution in [2.75, 3.05) is 5.75 Å². The van der Waals surface area contributed by atoms with Gasteiger partial charge < -0.3 is 5.11 Å². The van der Waals surface area contributed by atoms with Crippen LogP contribution in [0.1, 0.15) is 37.3 Å². The normalized spacial score (nSPS) is 18.9. The molecule has 0 amide bonds. The number of rotatable bonds is 3. The molecule has 0 spiro atoms. The summed E-state index contributed by atoms with van der Waals surface area (Å²) in [5, 5.41) is 9.15. The van der Waals surface area contributed by atoms with Crippen molar-refractivity contribution in [1.29, 1.82) is 0 Å². The van der Waals surface area contributed by atoms with Gasteiger partial charge in [0, 0.05) is 10.6 Å². The molecule has 110 valence electrons. The minimum atomic E-state index is -4.37. The van der Waals surface area contributed by atoms with Crippen molar-refractivity contribution in [2.45, 2.75) is 37.3 Å². The molecular weight excluding hydrogens is 289 g/mol.